The molecule has 0 amide bonds. The molecule has 0 saturated carbocycles. The second kappa shape index (κ2) is 11.0. The predicted molar refractivity (Wildman–Crippen MR) is 90.8 cm³/mol. The summed E-state index contributed by atoms with van der Waals surface area (Å²) >= 11 is 0. The van der Waals surface area contributed by atoms with Gasteiger partial charge in [-0.05, 0) is 24.0 Å². The fourth-order valence-corrected chi connectivity index (χ4v) is 1.81. The minimum absolute atomic E-state index is 0.493. The van der Waals surface area contributed by atoms with Gasteiger partial charge >= 0.3 is 0 Å². The quantitative estimate of drug-likeness (QED) is 0.395. The van der Waals surface area contributed by atoms with Crippen molar-refractivity contribution in [1.29, 1.82) is 0 Å². The Bertz CT molecular complexity index is 447. The van der Waals surface area contributed by atoms with Crippen LogP contribution in [0.4, 0.5) is 0 Å². The van der Waals surface area contributed by atoms with Crippen molar-refractivity contribution in [3.05, 3.63) is 35.4 Å². The molecule has 0 fully saturated rings. The van der Waals surface area contributed by atoms with Crippen molar-refractivity contribution in [3.8, 4) is 0 Å². The van der Waals surface area contributed by atoms with Crippen LogP contribution in [0, 0.1) is 5.92 Å². The Balaban J connectivity index is 2.38. The second-order valence-electron chi connectivity index (χ2n) is 5.55. The van der Waals surface area contributed by atoms with E-state index in [1.165, 1.54) is 0 Å². The van der Waals surface area contributed by atoms with Crippen LogP contribution in [-0.4, -0.2) is 32.3 Å². The number of aliphatic imine (C=N–C) groups is 1. The van der Waals surface area contributed by atoms with Crippen molar-refractivity contribution in [2.75, 3.05) is 26.4 Å². The first-order chi connectivity index (χ1) is 10.6. The van der Waals surface area contributed by atoms with Crippen LogP contribution >= 0.6 is 0 Å². The van der Waals surface area contributed by atoms with Crippen LogP contribution in [0.3, 0.4) is 0 Å². The number of ether oxygens (including phenoxy) is 2. The number of nitrogens with zero attached hydrogens (tertiary/aromatic N) is 1. The number of nitrogens with two attached hydrogens (primary N) is 1. The molecule has 1 aromatic carbocycles. The maximum Gasteiger partial charge on any atom is 0.188 e. The van der Waals surface area contributed by atoms with Crippen molar-refractivity contribution < 1.29 is 9.47 Å². The van der Waals surface area contributed by atoms with E-state index in [1.54, 1.807) is 0 Å². The van der Waals surface area contributed by atoms with E-state index in [4.69, 9.17) is 15.2 Å². The number of hydrogen-bond donors (Lipinski definition) is 2. The molecule has 5 heteroatoms. The molecule has 0 aliphatic carbocycles. The first kappa shape index (κ1) is 18.5. The highest BCUT2D eigenvalue weighted by molar-refractivity contribution is 5.77. The molecule has 1 rings (SSSR count). The third-order valence-electron chi connectivity index (χ3n) is 2.96. The van der Waals surface area contributed by atoms with E-state index >= 15 is 0 Å². The van der Waals surface area contributed by atoms with Gasteiger partial charge in [0, 0.05) is 13.2 Å². The summed E-state index contributed by atoms with van der Waals surface area (Å²) in [5.41, 5.74) is 8.10. The summed E-state index contributed by atoms with van der Waals surface area (Å²) in [4.78, 5) is 4.35. The maximum atomic E-state index is 5.83. The van der Waals surface area contributed by atoms with Crippen LogP contribution < -0.4 is 11.1 Å². The van der Waals surface area contributed by atoms with E-state index in [0.29, 0.717) is 38.2 Å². The minimum atomic E-state index is 0.493. The summed E-state index contributed by atoms with van der Waals surface area (Å²) in [5, 5.41) is 3.11. The largest absolute Gasteiger partial charge is 0.379 e. The molecule has 0 aliphatic heterocycles. The molecular formula is C17H29N3O2. The van der Waals surface area contributed by atoms with Crippen LogP contribution in [-0.2, 0) is 22.6 Å². The predicted octanol–water partition coefficient (Wildman–Crippen LogP) is 2.30. The zero-order chi connectivity index (χ0) is 16.2. The van der Waals surface area contributed by atoms with Crippen molar-refractivity contribution in [3.63, 3.8) is 0 Å². The van der Waals surface area contributed by atoms with Gasteiger partial charge in [-0.3, -0.25) is 0 Å². The number of rotatable bonds is 10. The maximum absolute atomic E-state index is 5.83. The van der Waals surface area contributed by atoms with E-state index in [-0.39, 0.29) is 0 Å². The van der Waals surface area contributed by atoms with Crippen molar-refractivity contribution in [1.82, 2.24) is 5.32 Å². The molecule has 1 aromatic rings. The number of benzene rings is 1. The summed E-state index contributed by atoms with van der Waals surface area (Å²) < 4.78 is 10.8. The van der Waals surface area contributed by atoms with Gasteiger partial charge in [0.05, 0.1) is 26.4 Å². The van der Waals surface area contributed by atoms with E-state index in [0.717, 1.165) is 24.3 Å². The van der Waals surface area contributed by atoms with Crippen molar-refractivity contribution >= 4 is 5.96 Å². The average molecular weight is 307 g/mol. The first-order valence-corrected chi connectivity index (χ1v) is 7.89. The molecule has 22 heavy (non-hydrogen) atoms. The van der Waals surface area contributed by atoms with Gasteiger partial charge in [0.25, 0.3) is 0 Å². The number of nitrogens with one attached hydrogen (secondary N) is 1. The molecule has 5 nitrogen and oxygen atoms in total. The summed E-state index contributed by atoms with van der Waals surface area (Å²) in [5.74, 6) is 1.04. The Hall–Kier alpha value is -1.59. The Morgan fingerprint density at radius 2 is 1.95 bits per heavy atom. The third kappa shape index (κ3) is 8.64. The van der Waals surface area contributed by atoms with Gasteiger partial charge in [0.15, 0.2) is 5.96 Å². The molecule has 0 saturated heterocycles. The molecule has 0 aromatic heterocycles. The SMILES string of the molecule is CCOCCOCc1cccc(CN=C(N)NCC(C)C)c1. The van der Waals surface area contributed by atoms with Crippen LogP contribution in [0.2, 0.25) is 0 Å². The van der Waals surface area contributed by atoms with Crippen molar-refractivity contribution in [2.24, 2.45) is 16.6 Å². The molecular weight excluding hydrogens is 278 g/mol. The zero-order valence-electron chi connectivity index (χ0n) is 14.0. The second-order valence-corrected chi connectivity index (χ2v) is 5.55. The van der Waals surface area contributed by atoms with Crippen molar-refractivity contribution in [2.45, 2.75) is 33.9 Å². The Labute approximate surface area is 133 Å². The lowest BCUT2D eigenvalue weighted by Gasteiger charge is -2.08. The monoisotopic (exact) mass is 307 g/mol. The summed E-state index contributed by atoms with van der Waals surface area (Å²) in [6.45, 7) is 10.2. The number of guanidine groups is 1. The van der Waals surface area contributed by atoms with Gasteiger partial charge in [0.1, 0.15) is 0 Å². The highest BCUT2D eigenvalue weighted by Gasteiger charge is 1.98. The smallest absolute Gasteiger partial charge is 0.188 e. The molecule has 0 heterocycles. The van der Waals surface area contributed by atoms with E-state index in [2.05, 4.69) is 30.2 Å². The third-order valence-corrected chi connectivity index (χ3v) is 2.96. The Morgan fingerprint density at radius 1 is 1.23 bits per heavy atom. The van der Waals surface area contributed by atoms with Crippen LogP contribution in [0.25, 0.3) is 0 Å². The Morgan fingerprint density at radius 3 is 2.68 bits per heavy atom. The summed E-state index contributed by atoms with van der Waals surface area (Å²) in [6, 6.07) is 8.21. The molecule has 0 radical (unpaired) electrons. The first-order valence-electron chi connectivity index (χ1n) is 7.89. The van der Waals surface area contributed by atoms with Crippen LogP contribution in [0.15, 0.2) is 29.3 Å². The van der Waals surface area contributed by atoms with Gasteiger partial charge in [-0.15, -0.1) is 0 Å². The van der Waals surface area contributed by atoms with Gasteiger partial charge < -0.3 is 20.5 Å². The van der Waals surface area contributed by atoms with Crippen LogP contribution in [0.1, 0.15) is 31.9 Å². The zero-order valence-corrected chi connectivity index (χ0v) is 14.0. The normalized spacial score (nSPS) is 11.9. The molecule has 0 atom stereocenters. The minimum Gasteiger partial charge on any atom is -0.379 e. The summed E-state index contributed by atoms with van der Waals surface area (Å²) in [7, 11) is 0. The standard InChI is InChI=1S/C17H29N3O2/c1-4-21-8-9-22-13-16-7-5-6-15(10-16)12-20-17(18)19-11-14(2)3/h5-7,10,14H,4,8-9,11-13H2,1-3H3,(H3,18,19,20). The molecule has 0 spiro atoms. The van der Waals surface area contributed by atoms with Gasteiger partial charge in [0.2, 0.25) is 0 Å². The molecule has 0 aliphatic rings. The lowest BCUT2D eigenvalue weighted by molar-refractivity contribution is 0.0453. The highest BCUT2D eigenvalue weighted by atomic mass is 16.5. The number of hydrogen-bond acceptors (Lipinski definition) is 3. The molecule has 0 bridgehead atoms. The van der Waals surface area contributed by atoms with Gasteiger partial charge in [-0.1, -0.05) is 38.1 Å². The average Bonchev–Trinajstić information content (AvgIpc) is 2.51. The topological polar surface area (TPSA) is 68.9 Å². The summed E-state index contributed by atoms with van der Waals surface area (Å²) in [6.07, 6.45) is 0. The lowest BCUT2D eigenvalue weighted by Crippen LogP contribution is -2.34. The fourth-order valence-electron chi connectivity index (χ4n) is 1.81. The molecule has 124 valence electrons. The van der Waals surface area contributed by atoms with Gasteiger partial charge in [-0.25, -0.2) is 4.99 Å². The molecule has 0 unspecified atom stereocenters. The fraction of sp³-hybridized carbons (Fsp3) is 0.588. The van der Waals surface area contributed by atoms with Crippen LogP contribution in [0.5, 0.6) is 0 Å². The van der Waals surface area contributed by atoms with Gasteiger partial charge in [-0.2, -0.15) is 0 Å². The Kier molecular flexibility index (Phi) is 9.26. The lowest BCUT2D eigenvalue weighted by atomic mass is 10.1. The van der Waals surface area contributed by atoms with E-state index < -0.39 is 0 Å². The highest BCUT2D eigenvalue weighted by Crippen LogP contribution is 2.08. The van der Waals surface area contributed by atoms with E-state index in [1.807, 2.05) is 25.1 Å². The molecule has 3 N–H and O–H groups in total. The van der Waals surface area contributed by atoms with E-state index in [9.17, 15) is 0 Å².